The van der Waals surface area contributed by atoms with Gasteiger partial charge in [0.15, 0.2) is 6.20 Å². The molecule has 0 unspecified atom stereocenters. The van der Waals surface area contributed by atoms with E-state index in [0.29, 0.717) is 0 Å². The summed E-state index contributed by atoms with van der Waals surface area (Å²) in [5.41, 5.74) is 1.03. The molecule has 18 heavy (non-hydrogen) atoms. The van der Waals surface area contributed by atoms with Crippen LogP contribution in [0.5, 0.6) is 0 Å². The number of benzene rings is 1. The zero-order chi connectivity index (χ0) is 13.2. The minimum atomic E-state index is -3.46. The van der Waals surface area contributed by atoms with E-state index in [1.807, 2.05) is 30.1 Å². The van der Waals surface area contributed by atoms with Crippen molar-refractivity contribution in [3.8, 4) is 0 Å². The molecule has 7 heteroatoms. The molecule has 0 saturated heterocycles. The molecule has 1 N–H and O–H groups in total. The van der Waals surface area contributed by atoms with Crippen molar-refractivity contribution in [1.29, 1.82) is 0 Å². The predicted octanol–water partition coefficient (Wildman–Crippen LogP) is 1.87. The molecule has 1 aromatic heterocycles. The van der Waals surface area contributed by atoms with Gasteiger partial charge in [0.25, 0.3) is 0 Å². The second-order valence-electron chi connectivity index (χ2n) is 3.78. The summed E-state index contributed by atoms with van der Waals surface area (Å²) in [5, 5.41) is 1.91. The monoisotopic (exact) mass is 301 g/mol. The number of sulfonamides is 1. The highest BCUT2D eigenvalue weighted by atomic mass is 32.3. The van der Waals surface area contributed by atoms with Gasteiger partial charge >= 0.3 is 4.34 Å². The Labute approximate surface area is 115 Å². The van der Waals surface area contributed by atoms with E-state index in [-0.39, 0.29) is 4.90 Å². The Morgan fingerprint density at radius 3 is 2.50 bits per heavy atom. The molecule has 0 spiro atoms. The van der Waals surface area contributed by atoms with Gasteiger partial charge in [-0.05, 0) is 19.1 Å². The van der Waals surface area contributed by atoms with Crippen LogP contribution in [0.4, 0.5) is 0 Å². The number of nitrogens with one attached hydrogen (secondary N) is 1. The van der Waals surface area contributed by atoms with Gasteiger partial charge in [0.2, 0.25) is 10.0 Å². The first kappa shape index (κ1) is 13.5. The number of hydrogen-bond acceptors (Lipinski definition) is 4. The van der Waals surface area contributed by atoms with Gasteiger partial charge in [-0.25, -0.2) is 8.42 Å². The van der Waals surface area contributed by atoms with Crippen molar-refractivity contribution in [3.63, 3.8) is 0 Å². The third kappa shape index (κ3) is 3.11. The quantitative estimate of drug-likeness (QED) is 0.693. The Morgan fingerprint density at radius 2 is 1.94 bits per heavy atom. The second kappa shape index (κ2) is 5.40. The summed E-state index contributed by atoms with van der Waals surface area (Å²) >= 11 is 2.59. The fourth-order valence-electron chi connectivity index (χ4n) is 1.28. The smallest absolute Gasteiger partial charge is 0.206 e. The first-order chi connectivity index (χ1) is 8.49. The molecule has 0 bridgehead atoms. The molecule has 2 rings (SSSR count). The molecular formula is C11H13N2O2S3+. The zero-order valence-corrected chi connectivity index (χ0v) is 12.4. The summed E-state index contributed by atoms with van der Waals surface area (Å²) in [4.78, 5) is 0.278. The van der Waals surface area contributed by atoms with E-state index in [4.69, 9.17) is 0 Å². The number of aromatic nitrogens is 1. The van der Waals surface area contributed by atoms with Crippen LogP contribution in [-0.2, 0) is 17.1 Å². The normalized spacial score (nSPS) is 11.7. The molecule has 0 saturated carbocycles. The Balaban J connectivity index is 2.13. The Hall–Kier alpha value is -0.890. The average molecular weight is 301 g/mol. The van der Waals surface area contributed by atoms with Crippen LogP contribution >= 0.6 is 23.3 Å². The van der Waals surface area contributed by atoms with E-state index in [0.717, 1.165) is 21.9 Å². The topological polar surface area (TPSA) is 50.1 Å². The SMILES string of the molecule is Cc1ccc(S(=O)(=O)NSc2scc[n+]2C)cc1. The molecular weight excluding hydrogens is 288 g/mol. The van der Waals surface area contributed by atoms with Crippen molar-refractivity contribution < 1.29 is 13.0 Å². The van der Waals surface area contributed by atoms with E-state index in [1.165, 1.54) is 11.3 Å². The van der Waals surface area contributed by atoms with Gasteiger partial charge in [-0.3, -0.25) is 0 Å². The largest absolute Gasteiger partial charge is 0.313 e. The number of thiazole rings is 1. The van der Waals surface area contributed by atoms with Crippen molar-refractivity contribution in [3.05, 3.63) is 41.4 Å². The molecule has 0 fully saturated rings. The Bertz CT molecular complexity index is 633. The van der Waals surface area contributed by atoms with Gasteiger partial charge in [-0.1, -0.05) is 29.0 Å². The highest BCUT2D eigenvalue weighted by Crippen LogP contribution is 2.19. The van der Waals surface area contributed by atoms with Crippen LogP contribution in [0.3, 0.4) is 0 Å². The molecule has 0 aliphatic heterocycles. The first-order valence-electron chi connectivity index (χ1n) is 5.17. The lowest BCUT2D eigenvalue weighted by Gasteiger charge is -2.03. The summed E-state index contributed by atoms with van der Waals surface area (Å²) < 4.78 is 29.3. The van der Waals surface area contributed by atoms with Crippen LogP contribution in [0.1, 0.15) is 5.56 Å². The lowest BCUT2D eigenvalue weighted by molar-refractivity contribution is -0.702. The van der Waals surface area contributed by atoms with Gasteiger partial charge in [0.1, 0.15) is 7.05 Å². The van der Waals surface area contributed by atoms with Crippen molar-refractivity contribution in [1.82, 2.24) is 4.13 Å². The minimum Gasteiger partial charge on any atom is -0.206 e. The standard InChI is InChI=1S/C11H13N2O2S3/c1-9-3-5-10(6-4-9)18(14,15)12-17-11-13(2)7-8-16-11/h3-8,12H,1-2H3/q+1. The average Bonchev–Trinajstić information content (AvgIpc) is 2.73. The van der Waals surface area contributed by atoms with Crippen LogP contribution < -0.4 is 8.69 Å². The van der Waals surface area contributed by atoms with Crippen molar-refractivity contribution >= 4 is 33.3 Å². The Kier molecular flexibility index (Phi) is 4.06. The maximum atomic E-state index is 12.0. The molecule has 0 aliphatic carbocycles. The van der Waals surface area contributed by atoms with Crippen LogP contribution in [-0.4, -0.2) is 8.42 Å². The lowest BCUT2D eigenvalue weighted by atomic mass is 10.2. The number of nitrogens with zero attached hydrogens (tertiary/aromatic N) is 1. The molecule has 0 amide bonds. The van der Waals surface area contributed by atoms with Gasteiger partial charge in [-0.2, -0.15) is 4.57 Å². The highest BCUT2D eigenvalue weighted by molar-refractivity contribution is 8.10. The summed E-state index contributed by atoms with van der Waals surface area (Å²) in [6, 6.07) is 6.77. The number of aryl methyl sites for hydroxylation is 2. The van der Waals surface area contributed by atoms with Crippen LogP contribution in [0.15, 0.2) is 45.1 Å². The zero-order valence-electron chi connectivity index (χ0n) is 9.95. The predicted molar refractivity (Wildman–Crippen MR) is 72.9 cm³/mol. The minimum absolute atomic E-state index is 0.278. The third-order valence-corrected chi connectivity index (χ3v) is 6.16. The third-order valence-electron chi connectivity index (χ3n) is 2.31. The van der Waals surface area contributed by atoms with E-state index >= 15 is 0 Å². The summed E-state index contributed by atoms with van der Waals surface area (Å²) in [5.74, 6) is 0. The molecule has 4 nitrogen and oxygen atoms in total. The van der Waals surface area contributed by atoms with E-state index in [1.54, 1.807) is 24.3 Å². The molecule has 0 atom stereocenters. The molecule has 2 aromatic rings. The fourth-order valence-corrected chi connectivity index (χ4v) is 4.34. The first-order valence-corrected chi connectivity index (χ1v) is 8.35. The second-order valence-corrected chi connectivity index (χ2v) is 7.67. The van der Waals surface area contributed by atoms with Crippen molar-refractivity contribution in [2.24, 2.45) is 7.05 Å². The molecule has 0 aliphatic rings. The lowest BCUT2D eigenvalue weighted by Crippen LogP contribution is -2.28. The van der Waals surface area contributed by atoms with Crippen molar-refractivity contribution in [2.45, 2.75) is 16.2 Å². The summed E-state index contributed by atoms with van der Waals surface area (Å²) in [7, 11) is -1.59. The van der Waals surface area contributed by atoms with E-state index < -0.39 is 10.0 Å². The maximum absolute atomic E-state index is 12.0. The molecule has 1 heterocycles. The summed E-state index contributed by atoms with van der Waals surface area (Å²) in [6.07, 6.45) is 1.88. The van der Waals surface area contributed by atoms with Gasteiger partial charge in [-0.15, -0.1) is 4.13 Å². The summed E-state index contributed by atoms with van der Waals surface area (Å²) in [6.45, 7) is 1.92. The molecule has 96 valence electrons. The highest BCUT2D eigenvalue weighted by Gasteiger charge is 2.17. The van der Waals surface area contributed by atoms with E-state index in [9.17, 15) is 8.42 Å². The molecule has 1 aromatic carbocycles. The van der Waals surface area contributed by atoms with E-state index in [2.05, 4.69) is 4.13 Å². The molecule has 0 radical (unpaired) electrons. The van der Waals surface area contributed by atoms with Crippen LogP contribution in [0.25, 0.3) is 0 Å². The number of hydrogen-bond donors (Lipinski definition) is 1. The maximum Gasteiger partial charge on any atom is 0.313 e. The van der Waals surface area contributed by atoms with Gasteiger partial charge < -0.3 is 0 Å². The van der Waals surface area contributed by atoms with Crippen LogP contribution in [0.2, 0.25) is 0 Å². The Morgan fingerprint density at radius 1 is 1.28 bits per heavy atom. The van der Waals surface area contributed by atoms with Gasteiger partial charge in [0.05, 0.1) is 22.2 Å². The van der Waals surface area contributed by atoms with Gasteiger partial charge in [0, 0.05) is 0 Å². The van der Waals surface area contributed by atoms with Crippen LogP contribution in [0, 0.1) is 6.92 Å². The fraction of sp³-hybridized carbons (Fsp3) is 0.182. The van der Waals surface area contributed by atoms with Crippen molar-refractivity contribution in [2.75, 3.05) is 0 Å². The number of rotatable bonds is 4.